The van der Waals surface area contributed by atoms with E-state index in [-0.39, 0.29) is 12.5 Å². The van der Waals surface area contributed by atoms with Crippen LogP contribution in [0.4, 0.5) is 0 Å². The van der Waals surface area contributed by atoms with Gasteiger partial charge >= 0.3 is 0 Å². The Morgan fingerprint density at radius 2 is 1.59 bits per heavy atom. The van der Waals surface area contributed by atoms with Crippen LogP contribution in [0.3, 0.4) is 0 Å². The molecule has 180 valence electrons. The highest BCUT2D eigenvalue weighted by Gasteiger charge is 2.27. The van der Waals surface area contributed by atoms with Gasteiger partial charge in [-0.05, 0) is 24.3 Å². The molecule has 1 fully saturated rings. The number of rotatable bonds is 9. The van der Waals surface area contributed by atoms with Crippen molar-refractivity contribution >= 4 is 5.91 Å². The smallest absolute Gasteiger partial charge is 0.290 e. The SMILES string of the molecule is COc1ccc(CN2CCN(C(=O)c3occc3COc3ccccc3)CC2)c(OC)c1OC. The van der Waals surface area contributed by atoms with Gasteiger partial charge in [-0.15, -0.1) is 0 Å². The van der Waals surface area contributed by atoms with E-state index in [1.165, 1.54) is 6.26 Å². The number of hydrogen-bond acceptors (Lipinski definition) is 7. The van der Waals surface area contributed by atoms with E-state index in [4.69, 9.17) is 23.4 Å². The van der Waals surface area contributed by atoms with E-state index in [0.29, 0.717) is 42.6 Å². The van der Waals surface area contributed by atoms with Crippen molar-refractivity contribution in [1.82, 2.24) is 9.80 Å². The number of piperazine rings is 1. The summed E-state index contributed by atoms with van der Waals surface area (Å²) in [6.07, 6.45) is 1.54. The van der Waals surface area contributed by atoms with Gasteiger partial charge in [-0.25, -0.2) is 0 Å². The molecule has 0 atom stereocenters. The molecule has 1 amide bonds. The summed E-state index contributed by atoms with van der Waals surface area (Å²) in [5.41, 5.74) is 1.75. The number of ether oxygens (including phenoxy) is 4. The molecule has 1 aliphatic rings. The molecular formula is C26H30N2O6. The molecule has 8 heteroatoms. The molecule has 0 aliphatic carbocycles. The molecule has 8 nitrogen and oxygen atoms in total. The second-order valence-corrected chi connectivity index (χ2v) is 7.94. The molecule has 0 unspecified atom stereocenters. The van der Waals surface area contributed by atoms with E-state index in [2.05, 4.69) is 4.90 Å². The Morgan fingerprint density at radius 1 is 0.853 bits per heavy atom. The van der Waals surface area contributed by atoms with Crippen LogP contribution in [0.15, 0.2) is 59.2 Å². The lowest BCUT2D eigenvalue weighted by molar-refractivity contribution is 0.0593. The van der Waals surface area contributed by atoms with Crippen molar-refractivity contribution in [3.8, 4) is 23.0 Å². The number of furan rings is 1. The number of methoxy groups -OCH3 is 3. The standard InChI is InChI=1S/C26H30N2O6/c1-30-22-10-9-19(23(31-2)25(22)32-3)17-27-12-14-28(15-13-27)26(29)24-20(11-16-33-24)18-34-21-7-5-4-6-8-21/h4-11,16H,12-15,17-18H2,1-3H3. The summed E-state index contributed by atoms with van der Waals surface area (Å²) < 4.78 is 27.8. The number of benzene rings is 2. The molecule has 34 heavy (non-hydrogen) atoms. The largest absolute Gasteiger partial charge is 0.493 e. The summed E-state index contributed by atoms with van der Waals surface area (Å²) in [7, 11) is 4.83. The van der Waals surface area contributed by atoms with Gasteiger partial charge in [0.1, 0.15) is 12.4 Å². The predicted octanol–water partition coefficient (Wildman–Crippen LogP) is 3.84. The maximum atomic E-state index is 13.1. The van der Waals surface area contributed by atoms with Crippen molar-refractivity contribution < 1.29 is 28.2 Å². The van der Waals surface area contributed by atoms with Crippen LogP contribution in [0.1, 0.15) is 21.7 Å². The molecule has 0 saturated carbocycles. The number of carbonyl (C=O) groups is 1. The Labute approximate surface area is 199 Å². The zero-order chi connectivity index (χ0) is 23.9. The van der Waals surface area contributed by atoms with Gasteiger partial charge in [0.2, 0.25) is 5.75 Å². The zero-order valence-corrected chi connectivity index (χ0v) is 19.8. The molecule has 2 heterocycles. The van der Waals surface area contributed by atoms with E-state index < -0.39 is 0 Å². The molecule has 1 aliphatic heterocycles. The summed E-state index contributed by atoms with van der Waals surface area (Å²) >= 11 is 0. The molecule has 0 spiro atoms. The van der Waals surface area contributed by atoms with Gasteiger partial charge in [0.25, 0.3) is 5.91 Å². The highest BCUT2D eigenvalue weighted by atomic mass is 16.5. The number of hydrogen-bond donors (Lipinski definition) is 0. The summed E-state index contributed by atoms with van der Waals surface area (Å²) in [4.78, 5) is 17.2. The van der Waals surface area contributed by atoms with Crippen molar-refractivity contribution in [2.24, 2.45) is 0 Å². The van der Waals surface area contributed by atoms with Gasteiger partial charge in [-0.2, -0.15) is 0 Å². The number of amides is 1. The van der Waals surface area contributed by atoms with E-state index in [0.717, 1.165) is 30.0 Å². The Morgan fingerprint density at radius 3 is 2.26 bits per heavy atom. The second-order valence-electron chi connectivity index (χ2n) is 7.94. The molecule has 0 N–H and O–H groups in total. The van der Waals surface area contributed by atoms with Gasteiger partial charge in [0.15, 0.2) is 17.3 Å². The number of nitrogens with zero attached hydrogens (tertiary/aromatic N) is 2. The van der Waals surface area contributed by atoms with E-state index in [1.54, 1.807) is 27.4 Å². The average Bonchev–Trinajstić information content (AvgIpc) is 3.36. The fourth-order valence-corrected chi connectivity index (χ4v) is 4.10. The molecule has 0 bridgehead atoms. The van der Waals surface area contributed by atoms with E-state index >= 15 is 0 Å². The third-order valence-electron chi connectivity index (χ3n) is 5.92. The van der Waals surface area contributed by atoms with Crippen LogP contribution in [-0.2, 0) is 13.2 Å². The lowest BCUT2D eigenvalue weighted by Crippen LogP contribution is -2.48. The Balaban J connectivity index is 1.36. The monoisotopic (exact) mass is 466 g/mol. The predicted molar refractivity (Wildman–Crippen MR) is 127 cm³/mol. The van der Waals surface area contributed by atoms with Crippen LogP contribution in [0, 0.1) is 0 Å². The maximum absolute atomic E-state index is 13.1. The molecule has 3 aromatic rings. The van der Waals surface area contributed by atoms with Crippen LogP contribution in [0.25, 0.3) is 0 Å². The minimum Gasteiger partial charge on any atom is -0.493 e. The molecule has 0 radical (unpaired) electrons. The Bertz CT molecular complexity index is 1090. The van der Waals surface area contributed by atoms with E-state index in [1.807, 2.05) is 47.4 Å². The van der Waals surface area contributed by atoms with Crippen LogP contribution in [-0.4, -0.2) is 63.2 Å². The second kappa shape index (κ2) is 11.0. The molecule has 2 aromatic carbocycles. The first-order valence-corrected chi connectivity index (χ1v) is 11.2. The van der Waals surface area contributed by atoms with Gasteiger partial charge in [-0.3, -0.25) is 9.69 Å². The van der Waals surface area contributed by atoms with Crippen molar-refractivity contribution in [2.75, 3.05) is 47.5 Å². The van der Waals surface area contributed by atoms with Crippen LogP contribution in [0.5, 0.6) is 23.0 Å². The first kappa shape index (κ1) is 23.5. The summed E-state index contributed by atoms with van der Waals surface area (Å²) in [5, 5.41) is 0. The van der Waals surface area contributed by atoms with Crippen molar-refractivity contribution in [3.63, 3.8) is 0 Å². The quantitative estimate of drug-likeness (QED) is 0.474. The highest BCUT2D eigenvalue weighted by Crippen LogP contribution is 2.40. The van der Waals surface area contributed by atoms with Gasteiger partial charge in [0.05, 0.1) is 27.6 Å². The molecular weight excluding hydrogens is 436 g/mol. The minimum atomic E-state index is -0.111. The van der Waals surface area contributed by atoms with E-state index in [9.17, 15) is 4.79 Å². The topological polar surface area (TPSA) is 73.6 Å². The third kappa shape index (κ3) is 5.12. The maximum Gasteiger partial charge on any atom is 0.290 e. The first-order valence-electron chi connectivity index (χ1n) is 11.2. The summed E-state index contributed by atoms with van der Waals surface area (Å²) in [6, 6.07) is 15.2. The molecule has 1 saturated heterocycles. The zero-order valence-electron chi connectivity index (χ0n) is 19.8. The van der Waals surface area contributed by atoms with Crippen LogP contribution >= 0.6 is 0 Å². The Kier molecular flexibility index (Phi) is 7.59. The van der Waals surface area contributed by atoms with Crippen molar-refractivity contribution in [1.29, 1.82) is 0 Å². The van der Waals surface area contributed by atoms with Crippen molar-refractivity contribution in [2.45, 2.75) is 13.2 Å². The van der Waals surface area contributed by atoms with Gasteiger partial charge in [0, 0.05) is 43.9 Å². The number of carbonyl (C=O) groups excluding carboxylic acids is 1. The number of para-hydroxylation sites is 1. The Hall–Kier alpha value is -3.65. The first-order chi connectivity index (χ1) is 16.6. The summed E-state index contributed by atoms with van der Waals surface area (Å²) in [6.45, 7) is 3.64. The third-order valence-corrected chi connectivity index (χ3v) is 5.92. The molecule has 1 aromatic heterocycles. The van der Waals surface area contributed by atoms with Crippen LogP contribution in [0.2, 0.25) is 0 Å². The lowest BCUT2D eigenvalue weighted by atomic mass is 10.1. The summed E-state index contributed by atoms with van der Waals surface area (Å²) in [5.74, 6) is 2.86. The average molecular weight is 467 g/mol. The minimum absolute atomic E-state index is 0.111. The highest BCUT2D eigenvalue weighted by molar-refractivity contribution is 5.93. The fourth-order valence-electron chi connectivity index (χ4n) is 4.10. The van der Waals surface area contributed by atoms with Gasteiger partial charge in [-0.1, -0.05) is 24.3 Å². The van der Waals surface area contributed by atoms with Crippen molar-refractivity contribution in [3.05, 3.63) is 71.7 Å². The fraction of sp³-hybridized carbons (Fsp3) is 0.346. The lowest BCUT2D eigenvalue weighted by Gasteiger charge is -2.34. The van der Waals surface area contributed by atoms with Gasteiger partial charge < -0.3 is 28.3 Å². The normalized spacial score (nSPS) is 14.0. The molecule has 4 rings (SSSR count). The van der Waals surface area contributed by atoms with Crippen LogP contribution < -0.4 is 18.9 Å².